The van der Waals surface area contributed by atoms with Crippen LogP contribution in [0.2, 0.25) is 0 Å². The standard InChI is InChI=1S/C10H6O2.C4H8O2.Cl2O2S.2N3/c11-9-5-1-3-7-8(9)4-2-6-10(7)12;1-2-6-4-3-5-1;1-5(2,3)4;2*1-3-2/h1-6H;1-4H2;;;/q;;;2*-1. The van der Waals surface area contributed by atoms with Gasteiger partial charge in [0.15, 0.2) is 11.6 Å². The van der Waals surface area contributed by atoms with Crippen molar-refractivity contribution < 1.29 is 27.5 Å². The number of carbonyl (C=O) groups is 2. The molecule has 158 valence electrons. The molecule has 2 aliphatic carbocycles. The summed E-state index contributed by atoms with van der Waals surface area (Å²) in [6, 6.07) is 0. The SMILES string of the molecule is C1COCCO1.O=C1C=CC=C2C(=O)C=CC=C12.O=S(=O)(Cl)Cl.[N-]=[N+]=[N-].[N-]=[N+]=[N-]. The molecule has 0 aromatic carbocycles. The number of fused-ring (bicyclic) bond motifs is 1. The van der Waals surface area contributed by atoms with Crippen molar-refractivity contribution in [1.29, 1.82) is 0 Å². The van der Waals surface area contributed by atoms with Crippen molar-refractivity contribution in [3.63, 3.8) is 0 Å². The van der Waals surface area contributed by atoms with Crippen molar-refractivity contribution in [2.24, 2.45) is 0 Å². The molecule has 0 atom stereocenters. The molecule has 29 heavy (non-hydrogen) atoms. The Morgan fingerprint density at radius 1 is 0.759 bits per heavy atom. The molecule has 15 heteroatoms. The molecule has 0 saturated carbocycles. The van der Waals surface area contributed by atoms with E-state index in [0.717, 1.165) is 26.4 Å². The van der Waals surface area contributed by atoms with E-state index >= 15 is 0 Å². The number of rotatable bonds is 0. The highest BCUT2D eigenvalue weighted by Gasteiger charge is 2.20. The number of hydrogen-bond acceptors (Lipinski definition) is 6. The van der Waals surface area contributed by atoms with Crippen molar-refractivity contribution in [2.45, 2.75) is 0 Å². The van der Waals surface area contributed by atoms with Gasteiger partial charge in [-0.05, 0) is 12.2 Å². The quantitative estimate of drug-likeness (QED) is 0.226. The van der Waals surface area contributed by atoms with Gasteiger partial charge in [-0.15, -0.1) is 0 Å². The summed E-state index contributed by atoms with van der Waals surface area (Å²) >= 11 is 0. The number of ether oxygens (including phenoxy) is 2. The Labute approximate surface area is 174 Å². The van der Waals surface area contributed by atoms with E-state index in [4.69, 9.17) is 40.0 Å². The Hall–Kier alpha value is -2.63. The van der Waals surface area contributed by atoms with Crippen LogP contribution in [-0.2, 0) is 27.3 Å². The Morgan fingerprint density at radius 2 is 1.00 bits per heavy atom. The maximum atomic E-state index is 11.2. The first-order chi connectivity index (χ1) is 13.6. The highest BCUT2D eigenvalue weighted by atomic mass is 36.0. The minimum atomic E-state index is -3.72. The number of carbonyl (C=O) groups excluding carboxylic acids is 2. The predicted molar refractivity (Wildman–Crippen MR) is 107 cm³/mol. The van der Waals surface area contributed by atoms with Crippen LogP contribution in [0.3, 0.4) is 0 Å². The summed E-state index contributed by atoms with van der Waals surface area (Å²) in [5.41, 5.74) is 28.0. The number of allylic oxidation sites excluding steroid dienone is 8. The van der Waals surface area contributed by atoms with Crippen molar-refractivity contribution in [2.75, 3.05) is 26.4 Å². The van der Waals surface area contributed by atoms with E-state index in [1.807, 2.05) is 0 Å². The molecule has 1 aliphatic heterocycles. The summed E-state index contributed by atoms with van der Waals surface area (Å²) < 4.78 is 28.2. The van der Waals surface area contributed by atoms with Gasteiger partial charge < -0.3 is 31.6 Å². The van der Waals surface area contributed by atoms with Gasteiger partial charge in [-0.25, -0.2) is 0 Å². The van der Waals surface area contributed by atoms with Crippen LogP contribution in [0.4, 0.5) is 0 Å². The van der Waals surface area contributed by atoms with Crippen LogP contribution >= 0.6 is 21.4 Å². The molecule has 0 spiro atoms. The van der Waals surface area contributed by atoms with Crippen LogP contribution in [-0.4, -0.2) is 46.4 Å². The first-order valence-electron chi connectivity index (χ1n) is 7.24. The topological polar surface area (TPSA) is 204 Å². The van der Waals surface area contributed by atoms with E-state index in [-0.39, 0.29) is 11.6 Å². The highest BCUT2D eigenvalue weighted by Crippen LogP contribution is 2.21. The Morgan fingerprint density at radius 3 is 1.21 bits per heavy atom. The van der Waals surface area contributed by atoms with Gasteiger partial charge in [-0.2, -0.15) is 8.42 Å². The van der Waals surface area contributed by atoms with Gasteiger partial charge in [0.25, 0.3) is 0 Å². The van der Waals surface area contributed by atoms with Crippen molar-refractivity contribution in [1.82, 2.24) is 0 Å². The third kappa shape index (κ3) is 18.5. The lowest BCUT2D eigenvalue weighted by atomic mass is 9.90. The molecule has 0 aromatic heterocycles. The smallest absolute Gasteiger partial charge is 0.317 e. The maximum Gasteiger partial charge on any atom is 0.317 e. The van der Waals surface area contributed by atoms with Gasteiger partial charge in [-0.3, -0.25) is 19.4 Å². The Kier molecular flexibility index (Phi) is 17.2. The molecule has 0 unspecified atom stereocenters. The highest BCUT2D eigenvalue weighted by molar-refractivity contribution is 8.31. The van der Waals surface area contributed by atoms with Gasteiger partial charge >= 0.3 is 8.26 Å². The average molecular weight is 465 g/mol. The van der Waals surface area contributed by atoms with Gasteiger partial charge in [0.1, 0.15) is 0 Å². The van der Waals surface area contributed by atoms with Crippen LogP contribution in [0, 0.1) is 0 Å². The lowest BCUT2D eigenvalue weighted by molar-refractivity contribution is -0.114. The monoisotopic (exact) mass is 464 g/mol. The van der Waals surface area contributed by atoms with Crippen LogP contribution in [0.5, 0.6) is 0 Å². The molecule has 12 nitrogen and oxygen atoms in total. The van der Waals surface area contributed by atoms with Crippen molar-refractivity contribution in [3.8, 4) is 0 Å². The second-order valence-corrected chi connectivity index (χ2v) is 8.06. The van der Waals surface area contributed by atoms with Gasteiger partial charge in [-0.1, -0.05) is 24.3 Å². The van der Waals surface area contributed by atoms with E-state index in [1.54, 1.807) is 24.3 Å². The summed E-state index contributed by atoms with van der Waals surface area (Å²) in [4.78, 5) is 25.4. The zero-order chi connectivity index (χ0) is 22.7. The summed E-state index contributed by atoms with van der Waals surface area (Å²) in [5, 5.41) is 0. The summed E-state index contributed by atoms with van der Waals surface area (Å²) in [5.74, 6) is -0.185. The molecule has 1 heterocycles. The van der Waals surface area contributed by atoms with E-state index in [1.165, 1.54) is 22.0 Å². The molecular formula is C14H14Cl2N6O6S-2. The normalized spacial score (nSPS) is 15.9. The molecule has 0 radical (unpaired) electrons. The molecule has 0 N–H and O–H groups in total. The minimum absolute atomic E-state index is 0.0924. The van der Waals surface area contributed by atoms with Crippen LogP contribution < -0.4 is 0 Å². The van der Waals surface area contributed by atoms with E-state index in [2.05, 4.69) is 21.4 Å². The first kappa shape index (κ1) is 28.6. The second-order valence-electron chi connectivity index (χ2n) is 4.39. The van der Waals surface area contributed by atoms with Gasteiger partial charge in [0.2, 0.25) is 0 Å². The Bertz CT molecular complexity index is 780. The molecule has 0 amide bonds. The molecule has 3 rings (SSSR count). The maximum absolute atomic E-state index is 11.2. The van der Waals surface area contributed by atoms with E-state index < -0.39 is 8.26 Å². The van der Waals surface area contributed by atoms with Gasteiger partial charge in [0.05, 0.1) is 26.4 Å². The molecule has 1 saturated heterocycles. The van der Waals surface area contributed by atoms with Gasteiger partial charge in [0, 0.05) is 32.5 Å². The van der Waals surface area contributed by atoms with Crippen molar-refractivity contribution >= 4 is 41.2 Å². The lowest BCUT2D eigenvalue weighted by Crippen LogP contribution is -2.16. The second kappa shape index (κ2) is 17.5. The third-order valence-corrected chi connectivity index (χ3v) is 2.59. The zero-order valence-corrected chi connectivity index (χ0v) is 16.9. The van der Waals surface area contributed by atoms with E-state index in [0.29, 0.717) is 11.1 Å². The molecule has 0 bridgehead atoms. The van der Waals surface area contributed by atoms with Crippen LogP contribution in [0.25, 0.3) is 31.9 Å². The average Bonchev–Trinajstić information content (AvgIpc) is 2.65. The third-order valence-electron chi connectivity index (χ3n) is 2.59. The molecule has 1 fully saturated rings. The van der Waals surface area contributed by atoms with Crippen LogP contribution in [0.15, 0.2) is 47.6 Å². The van der Waals surface area contributed by atoms with E-state index in [9.17, 15) is 9.59 Å². The fourth-order valence-corrected chi connectivity index (χ4v) is 1.69. The number of hydrogen-bond donors (Lipinski definition) is 0. The zero-order valence-electron chi connectivity index (χ0n) is 14.6. The van der Waals surface area contributed by atoms with Crippen LogP contribution in [0.1, 0.15) is 0 Å². The molecular weight excluding hydrogens is 451 g/mol. The fourth-order valence-electron chi connectivity index (χ4n) is 1.69. The molecule has 0 aromatic rings. The largest absolute Gasteiger partial charge is 0.377 e. The number of halogens is 2. The lowest BCUT2D eigenvalue weighted by Gasteiger charge is -2.11. The fraction of sp³-hybridized carbons (Fsp3) is 0.286. The summed E-state index contributed by atoms with van der Waals surface area (Å²) in [7, 11) is 4.81. The Balaban J connectivity index is 0. The summed E-state index contributed by atoms with van der Waals surface area (Å²) in [6.45, 7) is 3.11. The minimum Gasteiger partial charge on any atom is -0.377 e. The number of nitrogens with zero attached hydrogens (tertiary/aromatic N) is 6. The predicted octanol–water partition coefficient (Wildman–Crippen LogP) is 3.59. The number of ketones is 2. The van der Waals surface area contributed by atoms with Crippen molar-refractivity contribution in [3.05, 3.63) is 79.6 Å². The first-order valence-corrected chi connectivity index (χ1v) is 10.4. The summed E-state index contributed by atoms with van der Waals surface area (Å²) in [6.07, 6.45) is 9.46. The molecule has 3 aliphatic rings.